The number of rotatable bonds is 6. The van der Waals surface area contributed by atoms with E-state index in [1.807, 2.05) is 6.92 Å². The Morgan fingerprint density at radius 3 is 2.48 bits per heavy atom. The Morgan fingerprint density at radius 1 is 1.04 bits per heavy atom. The molecule has 0 atom stereocenters. The molecular weight excluding hydrogens is 355 g/mol. The van der Waals surface area contributed by atoms with E-state index in [4.69, 9.17) is 5.11 Å². The minimum Gasteiger partial charge on any atom is -0.392 e. The first kappa shape index (κ1) is 19.0. The maximum absolute atomic E-state index is 14.1. The highest BCUT2D eigenvalue weighted by atomic mass is 19.1. The van der Waals surface area contributed by atoms with Gasteiger partial charge >= 0.3 is 0 Å². The number of anilines is 1. The van der Waals surface area contributed by atoms with E-state index < -0.39 is 17.5 Å². The first-order valence-electron chi connectivity index (χ1n) is 8.38. The molecule has 3 N–H and O–H groups in total. The summed E-state index contributed by atoms with van der Waals surface area (Å²) in [5, 5.41) is 10.7. The lowest BCUT2D eigenvalue weighted by molar-refractivity contribution is 0.281. The molecule has 0 aliphatic rings. The van der Waals surface area contributed by atoms with Gasteiger partial charge in [-0.25, -0.2) is 18.2 Å². The predicted octanol–water partition coefficient (Wildman–Crippen LogP) is 4.36. The molecule has 3 rings (SSSR count). The molecule has 1 heterocycles. The van der Waals surface area contributed by atoms with E-state index in [0.29, 0.717) is 22.6 Å². The second-order valence-corrected chi connectivity index (χ2v) is 6.42. The highest BCUT2D eigenvalue weighted by molar-refractivity contribution is 5.66. The quantitative estimate of drug-likeness (QED) is 0.561. The van der Waals surface area contributed by atoms with Crippen LogP contribution in [0.4, 0.5) is 19.0 Å². The third-order valence-electron chi connectivity index (χ3n) is 4.25. The summed E-state index contributed by atoms with van der Waals surface area (Å²) >= 11 is 0. The van der Waals surface area contributed by atoms with Crippen LogP contribution in [0.1, 0.15) is 16.7 Å². The van der Waals surface area contributed by atoms with E-state index in [2.05, 4.69) is 10.4 Å². The van der Waals surface area contributed by atoms with Crippen molar-refractivity contribution in [3.8, 4) is 11.3 Å². The smallest absolute Gasteiger partial charge is 0.135 e. The van der Waals surface area contributed by atoms with Gasteiger partial charge in [0.25, 0.3) is 0 Å². The molecule has 0 amide bonds. The third-order valence-corrected chi connectivity index (χ3v) is 4.25. The van der Waals surface area contributed by atoms with Gasteiger partial charge < -0.3 is 15.5 Å². The van der Waals surface area contributed by atoms with Crippen molar-refractivity contribution in [2.45, 2.75) is 20.1 Å². The number of hydrogen-bond donors (Lipinski definition) is 3. The highest BCUT2D eigenvalue weighted by Gasteiger charge is 2.13. The molecule has 0 spiro atoms. The van der Waals surface area contributed by atoms with Gasteiger partial charge in [-0.3, -0.25) is 0 Å². The topological polar surface area (TPSA) is 51.3 Å². The van der Waals surface area contributed by atoms with E-state index in [0.717, 1.165) is 11.6 Å². The minimum absolute atomic E-state index is 0.213. The number of halogens is 3. The van der Waals surface area contributed by atoms with Gasteiger partial charge in [-0.2, -0.15) is 0 Å². The predicted molar refractivity (Wildman–Crippen MR) is 98.3 cm³/mol. The molecule has 0 aliphatic heterocycles. The van der Waals surface area contributed by atoms with Crippen LogP contribution in [0.25, 0.3) is 11.3 Å². The molecule has 3 aromatic rings. The van der Waals surface area contributed by atoms with E-state index in [-0.39, 0.29) is 18.7 Å². The van der Waals surface area contributed by atoms with E-state index in [9.17, 15) is 13.2 Å². The van der Waals surface area contributed by atoms with Crippen molar-refractivity contribution >= 4 is 5.82 Å². The largest absolute Gasteiger partial charge is 0.392 e. The van der Waals surface area contributed by atoms with Crippen LogP contribution in [0.3, 0.4) is 0 Å². The van der Waals surface area contributed by atoms with E-state index in [1.165, 1.54) is 18.2 Å². The Hall–Kier alpha value is -2.77. The van der Waals surface area contributed by atoms with Gasteiger partial charge in [0.05, 0.1) is 12.3 Å². The standard InChI is InChI=1S/C20H20F3N3O/c1-12-7-19(16-6-5-15(21)9-18(16)23)24-20(12)25-26(2)10-14-4-3-13(11-27)8-17(14)22/h3-9,24-25,27H,10-11H2,1-2H3. The fourth-order valence-corrected chi connectivity index (χ4v) is 2.83. The fourth-order valence-electron chi connectivity index (χ4n) is 2.83. The number of H-pyrrole nitrogens is 1. The zero-order chi connectivity index (χ0) is 19.6. The first-order valence-corrected chi connectivity index (χ1v) is 8.38. The van der Waals surface area contributed by atoms with Gasteiger partial charge in [-0.15, -0.1) is 0 Å². The van der Waals surface area contributed by atoms with Crippen LogP contribution in [-0.2, 0) is 13.2 Å². The van der Waals surface area contributed by atoms with Crippen molar-refractivity contribution in [2.75, 3.05) is 12.5 Å². The van der Waals surface area contributed by atoms with Gasteiger partial charge in [0.2, 0.25) is 0 Å². The lowest BCUT2D eigenvalue weighted by Gasteiger charge is -2.19. The van der Waals surface area contributed by atoms with Crippen LogP contribution < -0.4 is 5.43 Å². The molecule has 0 saturated heterocycles. The number of benzene rings is 2. The zero-order valence-corrected chi connectivity index (χ0v) is 15.0. The van der Waals surface area contributed by atoms with Gasteiger partial charge in [0.15, 0.2) is 0 Å². The summed E-state index contributed by atoms with van der Waals surface area (Å²) in [5.74, 6) is -1.05. The van der Waals surface area contributed by atoms with Gasteiger partial charge in [0, 0.05) is 30.8 Å². The molecule has 4 nitrogen and oxygen atoms in total. The van der Waals surface area contributed by atoms with Gasteiger partial charge in [-0.1, -0.05) is 12.1 Å². The summed E-state index contributed by atoms with van der Waals surface area (Å²) in [7, 11) is 1.75. The van der Waals surface area contributed by atoms with Crippen LogP contribution in [0.5, 0.6) is 0 Å². The van der Waals surface area contributed by atoms with E-state index >= 15 is 0 Å². The molecule has 0 bridgehead atoms. The van der Waals surface area contributed by atoms with Crippen molar-refractivity contribution in [1.29, 1.82) is 0 Å². The summed E-state index contributed by atoms with van der Waals surface area (Å²) in [6.45, 7) is 1.90. The van der Waals surface area contributed by atoms with Crippen molar-refractivity contribution < 1.29 is 18.3 Å². The molecule has 142 valence electrons. The number of hydrazine groups is 1. The first-order chi connectivity index (χ1) is 12.9. The van der Waals surface area contributed by atoms with Crippen LogP contribution in [0.15, 0.2) is 42.5 Å². The number of aromatic amines is 1. The highest BCUT2D eigenvalue weighted by Crippen LogP contribution is 2.27. The maximum atomic E-state index is 14.1. The Labute approximate surface area is 155 Å². The monoisotopic (exact) mass is 375 g/mol. The summed E-state index contributed by atoms with van der Waals surface area (Å²) in [5.41, 5.74) is 5.69. The lowest BCUT2D eigenvalue weighted by Crippen LogP contribution is -2.25. The number of nitrogens with one attached hydrogen (secondary N) is 2. The maximum Gasteiger partial charge on any atom is 0.135 e. The Morgan fingerprint density at radius 2 is 1.81 bits per heavy atom. The van der Waals surface area contributed by atoms with Crippen LogP contribution in [-0.4, -0.2) is 22.1 Å². The molecular formula is C20H20F3N3O. The zero-order valence-electron chi connectivity index (χ0n) is 15.0. The molecule has 0 unspecified atom stereocenters. The van der Waals surface area contributed by atoms with Crippen LogP contribution in [0.2, 0.25) is 0 Å². The van der Waals surface area contributed by atoms with Crippen molar-refractivity contribution in [3.63, 3.8) is 0 Å². The molecule has 0 saturated carbocycles. The second-order valence-electron chi connectivity index (χ2n) is 6.42. The normalized spacial score (nSPS) is 11.2. The number of aromatic nitrogens is 1. The molecule has 0 fully saturated rings. The number of aliphatic hydroxyl groups excluding tert-OH is 1. The SMILES string of the molecule is Cc1cc(-c2ccc(F)cc2F)[nH]c1NN(C)Cc1ccc(CO)cc1F. The Kier molecular flexibility index (Phi) is 5.53. The van der Waals surface area contributed by atoms with E-state index in [1.54, 1.807) is 30.3 Å². The molecule has 0 aliphatic carbocycles. The molecule has 27 heavy (non-hydrogen) atoms. The molecule has 1 aromatic heterocycles. The lowest BCUT2D eigenvalue weighted by atomic mass is 10.1. The van der Waals surface area contributed by atoms with Gasteiger partial charge in [0.1, 0.15) is 23.3 Å². The molecule has 7 heteroatoms. The fraction of sp³-hybridized carbons (Fsp3) is 0.200. The summed E-state index contributed by atoms with van der Waals surface area (Å²) in [6, 6.07) is 9.76. The minimum atomic E-state index is -0.651. The number of aliphatic hydroxyl groups is 1. The molecule has 0 radical (unpaired) electrons. The van der Waals surface area contributed by atoms with Crippen LogP contribution >= 0.6 is 0 Å². The average molecular weight is 375 g/mol. The Balaban J connectivity index is 1.75. The number of hydrogen-bond acceptors (Lipinski definition) is 3. The van der Waals surface area contributed by atoms with Crippen molar-refractivity contribution in [2.24, 2.45) is 0 Å². The van der Waals surface area contributed by atoms with Crippen LogP contribution in [0, 0.1) is 24.4 Å². The average Bonchev–Trinajstić information content (AvgIpc) is 2.96. The Bertz CT molecular complexity index is 956. The summed E-state index contributed by atoms with van der Waals surface area (Å²) in [6.07, 6.45) is 0. The summed E-state index contributed by atoms with van der Waals surface area (Å²) < 4.78 is 41.1. The third kappa shape index (κ3) is 4.32. The molecule has 2 aromatic carbocycles. The summed E-state index contributed by atoms with van der Waals surface area (Å²) in [4.78, 5) is 3.07. The number of nitrogens with zero attached hydrogens (tertiary/aromatic N) is 1. The van der Waals surface area contributed by atoms with Gasteiger partial charge in [-0.05, 0) is 42.3 Å². The van der Waals surface area contributed by atoms with Crippen molar-refractivity contribution in [3.05, 3.63) is 76.6 Å². The second kappa shape index (κ2) is 7.85. The number of aryl methyl sites for hydroxylation is 1. The van der Waals surface area contributed by atoms with Crippen molar-refractivity contribution in [1.82, 2.24) is 9.99 Å².